The molecule has 7 nitrogen and oxygen atoms in total. The van der Waals surface area contributed by atoms with Gasteiger partial charge in [0.1, 0.15) is 0 Å². The second-order valence-electron chi connectivity index (χ2n) is 8.51. The molecule has 1 aliphatic carbocycles. The van der Waals surface area contributed by atoms with Gasteiger partial charge in [0, 0.05) is 28.4 Å². The molecule has 3 aromatic rings. The fourth-order valence-electron chi connectivity index (χ4n) is 3.78. The van der Waals surface area contributed by atoms with Crippen LogP contribution >= 0.6 is 11.3 Å². The van der Waals surface area contributed by atoms with Crippen molar-refractivity contribution in [2.45, 2.75) is 45.4 Å². The molecule has 1 aliphatic heterocycles. The standard InChI is InChI=1S/C11H11N3O2.C10H9NOS.C6H12/c12-11(16)8-1-3-9(4-2-8)14-6-5-13-7-10(14)15;1-6-2-3-7-5-9(10(11)12)13-8(7)4-6;1-2-4-6-5-3-1/h1-6,13H,7H2,(H2,12,16);2-5H,1H3,(H2,11,12);1-6H2. The fraction of sp³-hybridized carbons (Fsp3) is 0.296. The summed E-state index contributed by atoms with van der Waals surface area (Å²) in [6, 6.07) is 14.5. The summed E-state index contributed by atoms with van der Waals surface area (Å²) in [7, 11) is 0. The van der Waals surface area contributed by atoms with Gasteiger partial charge in [-0.2, -0.15) is 0 Å². The number of amides is 3. The van der Waals surface area contributed by atoms with E-state index >= 15 is 0 Å². The van der Waals surface area contributed by atoms with E-state index in [2.05, 4.69) is 11.4 Å². The zero-order chi connectivity index (χ0) is 25.2. The van der Waals surface area contributed by atoms with Crippen LogP contribution in [-0.2, 0) is 4.79 Å². The summed E-state index contributed by atoms with van der Waals surface area (Å²) in [6.07, 6.45) is 12.3. The van der Waals surface area contributed by atoms with E-state index in [1.165, 1.54) is 60.3 Å². The summed E-state index contributed by atoms with van der Waals surface area (Å²) in [5, 5.41) is 3.91. The maximum atomic E-state index is 11.5. The van der Waals surface area contributed by atoms with Gasteiger partial charge in [-0.3, -0.25) is 19.3 Å². The van der Waals surface area contributed by atoms with Crippen LogP contribution in [0.15, 0.2) is 60.9 Å². The first-order valence-electron chi connectivity index (χ1n) is 11.8. The molecule has 2 aromatic carbocycles. The number of rotatable bonds is 3. The monoisotopic (exact) mass is 492 g/mol. The lowest BCUT2D eigenvalue weighted by Crippen LogP contribution is -2.37. The third kappa shape index (κ3) is 7.68. The Hall–Kier alpha value is -3.65. The van der Waals surface area contributed by atoms with Crippen LogP contribution in [0.25, 0.3) is 10.1 Å². The van der Waals surface area contributed by atoms with E-state index in [0.29, 0.717) is 16.1 Å². The number of benzene rings is 2. The molecule has 0 saturated heterocycles. The molecule has 0 spiro atoms. The highest BCUT2D eigenvalue weighted by Gasteiger charge is 2.15. The van der Waals surface area contributed by atoms with E-state index in [1.807, 2.05) is 25.1 Å². The van der Waals surface area contributed by atoms with Crippen molar-refractivity contribution in [2.75, 3.05) is 11.4 Å². The number of hydrogen-bond donors (Lipinski definition) is 3. The van der Waals surface area contributed by atoms with Crippen molar-refractivity contribution >= 4 is 44.8 Å². The normalized spacial score (nSPS) is 14.8. The van der Waals surface area contributed by atoms with Gasteiger partial charge in [-0.1, -0.05) is 50.7 Å². The van der Waals surface area contributed by atoms with E-state index in [1.54, 1.807) is 36.7 Å². The van der Waals surface area contributed by atoms with Crippen LogP contribution in [0.2, 0.25) is 0 Å². The van der Waals surface area contributed by atoms with E-state index in [9.17, 15) is 14.4 Å². The van der Waals surface area contributed by atoms with Gasteiger partial charge < -0.3 is 16.8 Å². The summed E-state index contributed by atoms with van der Waals surface area (Å²) in [4.78, 5) is 35.4. The Kier molecular flexibility index (Phi) is 9.43. The molecule has 35 heavy (non-hydrogen) atoms. The maximum absolute atomic E-state index is 11.5. The van der Waals surface area contributed by atoms with Crippen molar-refractivity contribution in [1.82, 2.24) is 5.32 Å². The number of aryl methyl sites for hydroxylation is 1. The molecule has 1 fully saturated rings. The number of primary amides is 2. The van der Waals surface area contributed by atoms with Crippen molar-refractivity contribution in [1.29, 1.82) is 0 Å². The number of nitrogens with zero attached hydrogens (tertiary/aromatic N) is 1. The van der Waals surface area contributed by atoms with E-state index < -0.39 is 5.91 Å². The summed E-state index contributed by atoms with van der Waals surface area (Å²) in [5.74, 6) is -0.873. The van der Waals surface area contributed by atoms with Crippen molar-refractivity contribution in [2.24, 2.45) is 11.5 Å². The van der Waals surface area contributed by atoms with Crippen molar-refractivity contribution in [3.8, 4) is 0 Å². The first-order valence-corrected chi connectivity index (χ1v) is 12.6. The first-order chi connectivity index (χ1) is 16.8. The van der Waals surface area contributed by atoms with Crippen molar-refractivity contribution < 1.29 is 14.4 Å². The lowest BCUT2D eigenvalue weighted by Gasteiger charge is -2.22. The molecule has 0 unspecified atom stereocenters. The van der Waals surface area contributed by atoms with Gasteiger partial charge in [0.05, 0.1) is 11.4 Å². The second kappa shape index (κ2) is 12.7. The number of nitrogens with one attached hydrogen (secondary N) is 1. The third-order valence-corrected chi connectivity index (χ3v) is 6.82. The first kappa shape index (κ1) is 26.0. The smallest absolute Gasteiger partial charge is 0.258 e. The van der Waals surface area contributed by atoms with Crippen LogP contribution in [0.3, 0.4) is 0 Å². The molecule has 5 rings (SSSR count). The van der Waals surface area contributed by atoms with Gasteiger partial charge in [-0.15, -0.1) is 11.3 Å². The Morgan fingerprint density at radius 1 is 0.886 bits per heavy atom. The SMILES string of the molecule is C1CCCCC1.Cc1ccc2cc(C(N)=O)sc2c1.NC(=O)c1ccc(N2C=CNCC2=O)cc1. The van der Waals surface area contributed by atoms with Crippen LogP contribution in [0.1, 0.15) is 64.1 Å². The number of nitrogens with two attached hydrogens (primary N) is 2. The van der Waals surface area contributed by atoms with Crippen LogP contribution < -0.4 is 21.7 Å². The highest BCUT2D eigenvalue weighted by atomic mass is 32.1. The summed E-state index contributed by atoms with van der Waals surface area (Å²) in [5.41, 5.74) is 12.7. The number of hydrogen-bond acceptors (Lipinski definition) is 5. The van der Waals surface area contributed by atoms with Crippen molar-refractivity contribution in [3.05, 3.63) is 76.9 Å². The predicted molar refractivity (Wildman–Crippen MR) is 142 cm³/mol. The fourth-order valence-corrected chi connectivity index (χ4v) is 4.79. The molecule has 2 aliphatic rings. The van der Waals surface area contributed by atoms with Gasteiger partial charge in [-0.25, -0.2) is 0 Å². The van der Waals surface area contributed by atoms with Gasteiger partial charge in [0.2, 0.25) is 11.8 Å². The summed E-state index contributed by atoms with van der Waals surface area (Å²) in [6.45, 7) is 2.30. The molecule has 1 saturated carbocycles. The van der Waals surface area contributed by atoms with Gasteiger partial charge in [0.15, 0.2) is 0 Å². The molecule has 1 aromatic heterocycles. The zero-order valence-corrected chi connectivity index (χ0v) is 20.8. The van der Waals surface area contributed by atoms with Crippen LogP contribution in [-0.4, -0.2) is 24.3 Å². The zero-order valence-electron chi connectivity index (χ0n) is 20.0. The third-order valence-electron chi connectivity index (χ3n) is 5.71. The van der Waals surface area contributed by atoms with Gasteiger partial charge >= 0.3 is 0 Å². The molecule has 8 heteroatoms. The van der Waals surface area contributed by atoms with Gasteiger partial charge in [-0.05, 0) is 54.3 Å². The van der Waals surface area contributed by atoms with Crippen molar-refractivity contribution in [3.63, 3.8) is 0 Å². The highest BCUT2D eigenvalue weighted by molar-refractivity contribution is 7.20. The maximum Gasteiger partial charge on any atom is 0.258 e. The quantitative estimate of drug-likeness (QED) is 0.485. The Balaban J connectivity index is 0.000000161. The average Bonchev–Trinajstić information content (AvgIpc) is 3.30. The lowest BCUT2D eigenvalue weighted by atomic mass is 10.0. The molecular weight excluding hydrogens is 460 g/mol. The number of carbonyl (C=O) groups excluding carboxylic acids is 3. The van der Waals surface area contributed by atoms with Gasteiger partial charge in [0.25, 0.3) is 5.91 Å². The highest BCUT2D eigenvalue weighted by Crippen LogP contribution is 2.26. The molecular formula is C27H32N4O3S. The number of anilines is 1. The largest absolute Gasteiger partial charge is 0.381 e. The predicted octanol–water partition coefficient (Wildman–Crippen LogP) is 4.84. The molecule has 184 valence electrons. The van der Waals surface area contributed by atoms with Crippen LogP contribution in [0.5, 0.6) is 0 Å². The Bertz CT molecular complexity index is 1190. The minimum absolute atomic E-state index is 0.0469. The van der Waals surface area contributed by atoms with E-state index in [0.717, 1.165) is 10.1 Å². The van der Waals surface area contributed by atoms with E-state index in [4.69, 9.17) is 11.5 Å². The topological polar surface area (TPSA) is 119 Å². The lowest BCUT2D eigenvalue weighted by molar-refractivity contribution is -0.117. The molecule has 0 atom stereocenters. The van der Waals surface area contributed by atoms with Crippen LogP contribution in [0.4, 0.5) is 5.69 Å². The molecule has 2 heterocycles. The molecule has 3 amide bonds. The summed E-state index contributed by atoms with van der Waals surface area (Å²) < 4.78 is 1.12. The number of fused-ring (bicyclic) bond motifs is 1. The number of thiophene rings is 1. The van der Waals surface area contributed by atoms with Crippen LogP contribution in [0, 0.1) is 6.92 Å². The minimum atomic E-state index is -0.478. The summed E-state index contributed by atoms with van der Waals surface area (Å²) >= 11 is 1.44. The Morgan fingerprint density at radius 3 is 2.06 bits per heavy atom. The van der Waals surface area contributed by atoms with E-state index in [-0.39, 0.29) is 18.4 Å². The Labute approximate surface area is 209 Å². The molecule has 0 bridgehead atoms. The Morgan fingerprint density at radius 2 is 1.51 bits per heavy atom. The second-order valence-corrected chi connectivity index (χ2v) is 9.59. The molecule has 0 radical (unpaired) electrons. The minimum Gasteiger partial charge on any atom is -0.381 e. The number of carbonyl (C=O) groups is 3. The molecule has 5 N–H and O–H groups in total. The average molecular weight is 493 g/mol.